The zero-order valence-electron chi connectivity index (χ0n) is 16.5. The van der Waals surface area contributed by atoms with E-state index in [9.17, 15) is 9.59 Å². The van der Waals surface area contributed by atoms with Crippen LogP contribution in [0.1, 0.15) is 32.1 Å². The second kappa shape index (κ2) is 8.24. The molecule has 9 heteroatoms. The van der Waals surface area contributed by atoms with Crippen molar-refractivity contribution in [2.45, 2.75) is 26.3 Å². The molecule has 1 aliphatic heterocycles. The molecule has 156 valence electrons. The summed E-state index contributed by atoms with van der Waals surface area (Å²) in [7, 11) is 0. The second-order valence-corrected chi connectivity index (χ2v) is 8.46. The van der Waals surface area contributed by atoms with E-state index in [1.807, 2.05) is 42.6 Å². The molecule has 3 heterocycles. The minimum Gasteiger partial charge on any atom is -0.345 e. The fourth-order valence-corrected chi connectivity index (χ4v) is 3.98. The number of benzene rings is 1. The molecule has 2 amide bonds. The first kappa shape index (κ1) is 20.6. The summed E-state index contributed by atoms with van der Waals surface area (Å²) in [6.07, 6.45) is 2.29. The van der Waals surface area contributed by atoms with E-state index in [-0.39, 0.29) is 23.8 Å². The number of amides is 2. The van der Waals surface area contributed by atoms with Crippen LogP contribution in [-0.2, 0) is 9.59 Å². The van der Waals surface area contributed by atoms with Crippen molar-refractivity contribution in [3.8, 4) is 0 Å². The van der Waals surface area contributed by atoms with Crippen molar-refractivity contribution in [2.75, 3.05) is 11.4 Å². The Kier molecular flexibility index (Phi) is 5.66. The van der Waals surface area contributed by atoms with Gasteiger partial charge in [-0.2, -0.15) is 0 Å². The number of carbonyl (C=O) groups is 2. The van der Waals surface area contributed by atoms with Crippen molar-refractivity contribution in [3.63, 3.8) is 0 Å². The Morgan fingerprint density at radius 1 is 1.17 bits per heavy atom. The molecule has 1 aromatic carbocycles. The van der Waals surface area contributed by atoms with Crippen molar-refractivity contribution in [1.82, 2.24) is 19.9 Å². The molecule has 0 aliphatic carbocycles. The summed E-state index contributed by atoms with van der Waals surface area (Å²) in [5.41, 5.74) is 1.34. The molecule has 4 rings (SSSR count). The van der Waals surface area contributed by atoms with Crippen LogP contribution in [0.25, 0.3) is 5.65 Å². The molecule has 0 spiro atoms. The monoisotopic (exact) mass is 445 g/mol. The van der Waals surface area contributed by atoms with Gasteiger partial charge in [0.05, 0.1) is 16.1 Å². The Bertz CT molecular complexity index is 1110. The second-order valence-electron chi connectivity index (χ2n) is 7.65. The van der Waals surface area contributed by atoms with Crippen LogP contribution in [0.5, 0.6) is 0 Å². The van der Waals surface area contributed by atoms with Gasteiger partial charge in [-0.15, -0.1) is 10.2 Å². The maximum Gasteiger partial charge on any atom is 0.239 e. The van der Waals surface area contributed by atoms with Crippen LogP contribution < -0.4 is 10.2 Å². The molecule has 7 nitrogen and oxygen atoms in total. The van der Waals surface area contributed by atoms with E-state index < -0.39 is 5.92 Å². The van der Waals surface area contributed by atoms with Gasteiger partial charge in [0, 0.05) is 18.4 Å². The van der Waals surface area contributed by atoms with Crippen LogP contribution in [0.2, 0.25) is 10.0 Å². The lowest BCUT2D eigenvalue weighted by Crippen LogP contribution is -2.40. The van der Waals surface area contributed by atoms with E-state index in [0.29, 0.717) is 40.2 Å². The number of anilines is 1. The van der Waals surface area contributed by atoms with Gasteiger partial charge < -0.3 is 10.2 Å². The van der Waals surface area contributed by atoms with E-state index in [2.05, 4.69) is 15.5 Å². The highest BCUT2D eigenvalue weighted by Gasteiger charge is 2.39. The van der Waals surface area contributed by atoms with Crippen molar-refractivity contribution >= 4 is 46.4 Å². The van der Waals surface area contributed by atoms with Gasteiger partial charge >= 0.3 is 0 Å². The predicted molar refractivity (Wildman–Crippen MR) is 116 cm³/mol. The average molecular weight is 446 g/mol. The van der Waals surface area contributed by atoms with Gasteiger partial charge in [-0.05, 0) is 42.7 Å². The Hall–Kier alpha value is -2.64. The maximum absolute atomic E-state index is 13.0. The Morgan fingerprint density at radius 2 is 1.97 bits per heavy atom. The molecule has 1 saturated heterocycles. The molecule has 2 unspecified atom stereocenters. The van der Waals surface area contributed by atoms with Crippen LogP contribution in [0, 0.1) is 11.8 Å². The normalized spacial score (nSPS) is 17.7. The number of pyridine rings is 1. The summed E-state index contributed by atoms with van der Waals surface area (Å²) >= 11 is 12.1. The average Bonchev–Trinajstić information content (AvgIpc) is 3.31. The first-order valence-corrected chi connectivity index (χ1v) is 10.5. The Labute approximate surface area is 184 Å². The highest BCUT2D eigenvalue weighted by Crippen LogP contribution is 2.31. The third-order valence-electron chi connectivity index (χ3n) is 5.32. The quantitative estimate of drug-likeness (QED) is 0.603. The summed E-state index contributed by atoms with van der Waals surface area (Å²) in [4.78, 5) is 27.6. The van der Waals surface area contributed by atoms with Crippen LogP contribution in [0.3, 0.4) is 0 Å². The van der Waals surface area contributed by atoms with Gasteiger partial charge in [0.2, 0.25) is 11.8 Å². The maximum atomic E-state index is 13.0. The van der Waals surface area contributed by atoms with Gasteiger partial charge in [-0.25, -0.2) is 0 Å². The highest BCUT2D eigenvalue weighted by molar-refractivity contribution is 6.42. The summed E-state index contributed by atoms with van der Waals surface area (Å²) < 4.78 is 1.85. The SMILES string of the molecule is CC(C)C(NC(=O)C1CCN(c2ccc(Cl)c(Cl)c2)C1=O)c1nnc2ccccn12. The molecule has 0 bridgehead atoms. The van der Waals surface area contributed by atoms with Gasteiger partial charge in [-0.3, -0.25) is 14.0 Å². The van der Waals surface area contributed by atoms with E-state index in [1.54, 1.807) is 23.1 Å². The summed E-state index contributed by atoms with van der Waals surface area (Å²) in [6.45, 7) is 4.43. The minimum absolute atomic E-state index is 0.0595. The molecule has 0 saturated carbocycles. The van der Waals surface area contributed by atoms with Gasteiger partial charge in [-0.1, -0.05) is 43.1 Å². The number of rotatable bonds is 5. The molecule has 3 aromatic rings. The standard InChI is InChI=1S/C21H21Cl2N5O2/c1-12(2)18(19-26-25-17-5-3-4-9-28(17)19)24-20(29)14-8-10-27(21(14)30)13-6-7-15(22)16(23)11-13/h3-7,9,11-12,14,18H,8,10H2,1-2H3,(H,24,29). The highest BCUT2D eigenvalue weighted by atomic mass is 35.5. The molecule has 2 atom stereocenters. The molecular weight excluding hydrogens is 425 g/mol. The molecule has 1 fully saturated rings. The lowest BCUT2D eigenvalue weighted by atomic mass is 10.0. The molecular formula is C21H21Cl2N5O2. The fourth-order valence-electron chi connectivity index (χ4n) is 3.69. The molecule has 30 heavy (non-hydrogen) atoms. The Morgan fingerprint density at radius 3 is 2.70 bits per heavy atom. The third kappa shape index (κ3) is 3.75. The van der Waals surface area contributed by atoms with Gasteiger partial charge in [0.25, 0.3) is 0 Å². The molecule has 0 radical (unpaired) electrons. The molecule has 2 aromatic heterocycles. The number of fused-ring (bicyclic) bond motifs is 1. The lowest BCUT2D eigenvalue weighted by Gasteiger charge is -2.23. The molecule has 1 N–H and O–H groups in total. The smallest absolute Gasteiger partial charge is 0.239 e. The number of aromatic nitrogens is 3. The zero-order chi connectivity index (χ0) is 21.4. The first-order chi connectivity index (χ1) is 14.4. The van der Waals surface area contributed by atoms with E-state index >= 15 is 0 Å². The lowest BCUT2D eigenvalue weighted by molar-refractivity contribution is -0.132. The zero-order valence-corrected chi connectivity index (χ0v) is 18.1. The fraction of sp³-hybridized carbons (Fsp3) is 0.333. The van der Waals surface area contributed by atoms with Gasteiger partial charge in [0.1, 0.15) is 5.92 Å². The first-order valence-electron chi connectivity index (χ1n) is 9.73. The van der Waals surface area contributed by atoms with Crippen LogP contribution in [0.15, 0.2) is 42.6 Å². The molecule has 1 aliphatic rings. The number of hydrogen-bond donors (Lipinski definition) is 1. The number of hydrogen-bond acceptors (Lipinski definition) is 4. The largest absolute Gasteiger partial charge is 0.345 e. The topological polar surface area (TPSA) is 79.6 Å². The number of carbonyl (C=O) groups excluding carboxylic acids is 2. The van der Waals surface area contributed by atoms with E-state index in [4.69, 9.17) is 23.2 Å². The minimum atomic E-state index is -0.764. The summed E-state index contributed by atoms with van der Waals surface area (Å²) in [5.74, 6) is -0.627. The van der Waals surface area contributed by atoms with E-state index in [1.165, 1.54) is 0 Å². The number of halogens is 2. The van der Waals surface area contributed by atoms with E-state index in [0.717, 1.165) is 0 Å². The summed E-state index contributed by atoms with van der Waals surface area (Å²) in [6, 6.07) is 10.3. The van der Waals surface area contributed by atoms with Crippen LogP contribution in [-0.4, -0.2) is 33.0 Å². The Balaban J connectivity index is 1.53. The summed E-state index contributed by atoms with van der Waals surface area (Å²) in [5, 5.41) is 12.2. The van der Waals surface area contributed by atoms with Crippen molar-refractivity contribution in [3.05, 3.63) is 58.5 Å². The number of nitrogens with zero attached hydrogens (tertiary/aromatic N) is 4. The number of nitrogens with one attached hydrogen (secondary N) is 1. The van der Waals surface area contributed by atoms with Crippen LogP contribution in [0.4, 0.5) is 5.69 Å². The third-order valence-corrected chi connectivity index (χ3v) is 6.06. The van der Waals surface area contributed by atoms with Crippen molar-refractivity contribution in [1.29, 1.82) is 0 Å². The van der Waals surface area contributed by atoms with Gasteiger partial charge in [0.15, 0.2) is 11.5 Å². The predicted octanol–water partition coefficient (Wildman–Crippen LogP) is 3.90. The van der Waals surface area contributed by atoms with Crippen molar-refractivity contribution in [2.24, 2.45) is 11.8 Å². The van der Waals surface area contributed by atoms with Crippen molar-refractivity contribution < 1.29 is 9.59 Å². The van der Waals surface area contributed by atoms with Crippen LogP contribution >= 0.6 is 23.2 Å².